The molecule has 0 aliphatic carbocycles. The van der Waals surface area contributed by atoms with Gasteiger partial charge in [0.15, 0.2) is 11.5 Å². The summed E-state index contributed by atoms with van der Waals surface area (Å²) >= 11 is 1.85. The van der Waals surface area contributed by atoms with Crippen LogP contribution in [-0.2, 0) is 9.53 Å². The SMILES string of the molecule is COC(=O)C(COc1ccccc1O)C1CCSC1. The summed E-state index contributed by atoms with van der Waals surface area (Å²) in [5, 5.41) is 9.64. The number of hydrogen-bond acceptors (Lipinski definition) is 5. The second-order valence-electron chi connectivity index (χ2n) is 4.53. The topological polar surface area (TPSA) is 55.8 Å². The molecule has 1 fully saturated rings. The van der Waals surface area contributed by atoms with Gasteiger partial charge in [-0.3, -0.25) is 4.79 Å². The highest BCUT2D eigenvalue weighted by Gasteiger charge is 2.32. The fourth-order valence-electron chi connectivity index (χ4n) is 2.18. The van der Waals surface area contributed by atoms with Gasteiger partial charge in [0.1, 0.15) is 6.61 Å². The molecule has 104 valence electrons. The monoisotopic (exact) mass is 282 g/mol. The average molecular weight is 282 g/mol. The van der Waals surface area contributed by atoms with Crippen LogP contribution in [0.5, 0.6) is 11.5 Å². The molecular formula is C14H18O4S. The first kappa shape index (κ1) is 14.1. The highest BCUT2D eigenvalue weighted by Crippen LogP contribution is 2.32. The summed E-state index contributed by atoms with van der Waals surface area (Å²) in [7, 11) is 1.40. The van der Waals surface area contributed by atoms with Gasteiger partial charge >= 0.3 is 5.97 Å². The van der Waals surface area contributed by atoms with Gasteiger partial charge in [-0.15, -0.1) is 0 Å². The van der Waals surface area contributed by atoms with E-state index in [9.17, 15) is 9.90 Å². The Morgan fingerprint density at radius 1 is 1.53 bits per heavy atom. The van der Waals surface area contributed by atoms with Crippen molar-refractivity contribution < 1.29 is 19.4 Å². The maximum Gasteiger partial charge on any atom is 0.312 e. The molecule has 19 heavy (non-hydrogen) atoms. The standard InChI is InChI=1S/C14H18O4S/c1-17-14(16)11(10-6-7-19-9-10)8-18-13-5-3-2-4-12(13)15/h2-5,10-11,15H,6-9H2,1H3. The summed E-state index contributed by atoms with van der Waals surface area (Å²) < 4.78 is 10.4. The Hall–Kier alpha value is -1.36. The van der Waals surface area contributed by atoms with E-state index in [1.165, 1.54) is 7.11 Å². The third kappa shape index (κ3) is 3.56. The van der Waals surface area contributed by atoms with Gasteiger partial charge in [0.2, 0.25) is 0 Å². The number of carbonyl (C=O) groups is 1. The van der Waals surface area contributed by atoms with Crippen molar-refractivity contribution >= 4 is 17.7 Å². The van der Waals surface area contributed by atoms with Crippen molar-refractivity contribution in [1.82, 2.24) is 0 Å². The molecule has 1 aliphatic rings. The number of ether oxygens (including phenoxy) is 2. The Morgan fingerprint density at radius 3 is 2.95 bits per heavy atom. The van der Waals surface area contributed by atoms with E-state index >= 15 is 0 Å². The van der Waals surface area contributed by atoms with Gasteiger partial charge in [-0.05, 0) is 36.0 Å². The molecule has 1 saturated heterocycles. The molecule has 1 N–H and O–H groups in total. The summed E-state index contributed by atoms with van der Waals surface area (Å²) in [5.41, 5.74) is 0. The zero-order valence-electron chi connectivity index (χ0n) is 10.9. The molecule has 0 saturated carbocycles. The molecule has 2 rings (SSSR count). The van der Waals surface area contributed by atoms with E-state index in [0.717, 1.165) is 17.9 Å². The number of esters is 1. The van der Waals surface area contributed by atoms with Crippen LogP contribution in [0.3, 0.4) is 0 Å². The normalized spacial score (nSPS) is 19.9. The van der Waals surface area contributed by atoms with Gasteiger partial charge in [0.05, 0.1) is 13.0 Å². The van der Waals surface area contributed by atoms with Crippen LogP contribution in [0.1, 0.15) is 6.42 Å². The van der Waals surface area contributed by atoms with Crippen molar-refractivity contribution in [3.8, 4) is 11.5 Å². The molecule has 0 bridgehead atoms. The highest BCUT2D eigenvalue weighted by molar-refractivity contribution is 7.99. The Bertz CT molecular complexity index is 429. The summed E-state index contributed by atoms with van der Waals surface area (Å²) in [6.07, 6.45) is 1.01. The number of rotatable bonds is 5. The summed E-state index contributed by atoms with van der Waals surface area (Å²) in [6.45, 7) is 0.246. The van der Waals surface area contributed by atoms with Crippen LogP contribution in [-0.4, -0.2) is 36.3 Å². The fourth-order valence-corrected chi connectivity index (χ4v) is 3.51. The lowest BCUT2D eigenvalue weighted by Gasteiger charge is -2.21. The maximum absolute atomic E-state index is 11.8. The van der Waals surface area contributed by atoms with Crippen LogP contribution in [0.15, 0.2) is 24.3 Å². The van der Waals surface area contributed by atoms with Crippen molar-refractivity contribution in [2.45, 2.75) is 6.42 Å². The Balaban J connectivity index is 2.00. The van der Waals surface area contributed by atoms with E-state index in [4.69, 9.17) is 9.47 Å². The largest absolute Gasteiger partial charge is 0.504 e. The molecule has 2 atom stereocenters. The van der Waals surface area contributed by atoms with E-state index in [1.54, 1.807) is 24.3 Å². The van der Waals surface area contributed by atoms with Gasteiger partial charge in [-0.2, -0.15) is 11.8 Å². The fraction of sp³-hybridized carbons (Fsp3) is 0.500. The molecule has 1 heterocycles. The predicted molar refractivity (Wildman–Crippen MR) is 74.5 cm³/mol. The Labute approximate surface area is 117 Å². The first-order valence-electron chi connectivity index (χ1n) is 6.28. The molecule has 0 spiro atoms. The molecule has 0 radical (unpaired) electrons. The number of aromatic hydroxyl groups is 1. The molecular weight excluding hydrogens is 264 g/mol. The van der Waals surface area contributed by atoms with Gasteiger partial charge in [0.25, 0.3) is 0 Å². The van der Waals surface area contributed by atoms with Crippen molar-refractivity contribution in [3.63, 3.8) is 0 Å². The van der Waals surface area contributed by atoms with Crippen LogP contribution in [0, 0.1) is 11.8 Å². The molecule has 5 heteroatoms. The first-order chi connectivity index (χ1) is 9.22. The summed E-state index contributed by atoms with van der Waals surface area (Å²) in [4.78, 5) is 11.8. The summed E-state index contributed by atoms with van der Waals surface area (Å²) in [5.74, 6) is 2.33. The number of phenols is 1. The molecule has 1 aromatic rings. The average Bonchev–Trinajstić information content (AvgIpc) is 2.94. The van der Waals surface area contributed by atoms with Gasteiger partial charge in [-0.25, -0.2) is 0 Å². The molecule has 1 aromatic carbocycles. The number of carbonyl (C=O) groups excluding carboxylic acids is 1. The van der Waals surface area contributed by atoms with E-state index in [0.29, 0.717) is 11.7 Å². The minimum Gasteiger partial charge on any atom is -0.504 e. The van der Waals surface area contributed by atoms with Gasteiger partial charge < -0.3 is 14.6 Å². The number of methoxy groups -OCH3 is 1. The quantitative estimate of drug-likeness (QED) is 0.840. The lowest BCUT2D eigenvalue weighted by Crippen LogP contribution is -2.30. The van der Waals surface area contributed by atoms with Crippen LogP contribution in [0.25, 0.3) is 0 Å². The Kier molecular flexibility index (Phi) is 4.96. The van der Waals surface area contributed by atoms with Crippen molar-refractivity contribution in [2.24, 2.45) is 11.8 Å². The van der Waals surface area contributed by atoms with Crippen LogP contribution < -0.4 is 4.74 Å². The minimum atomic E-state index is -0.264. The third-order valence-electron chi connectivity index (χ3n) is 3.32. The molecule has 0 aromatic heterocycles. The number of benzene rings is 1. The third-order valence-corrected chi connectivity index (χ3v) is 4.51. The summed E-state index contributed by atoms with van der Waals surface area (Å²) in [6, 6.07) is 6.77. The smallest absolute Gasteiger partial charge is 0.312 e. The van der Waals surface area contributed by atoms with E-state index in [2.05, 4.69) is 0 Å². The predicted octanol–water partition coefficient (Wildman–Crippen LogP) is 2.31. The van der Waals surface area contributed by atoms with Crippen LogP contribution >= 0.6 is 11.8 Å². The second kappa shape index (κ2) is 6.70. The van der Waals surface area contributed by atoms with Crippen molar-refractivity contribution in [1.29, 1.82) is 0 Å². The molecule has 0 amide bonds. The van der Waals surface area contributed by atoms with Crippen molar-refractivity contribution in [3.05, 3.63) is 24.3 Å². The maximum atomic E-state index is 11.8. The van der Waals surface area contributed by atoms with Crippen LogP contribution in [0.2, 0.25) is 0 Å². The number of hydrogen-bond donors (Lipinski definition) is 1. The number of para-hydroxylation sites is 2. The molecule has 1 aliphatic heterocycles. The second-order valence-corrected chi connectivity index (χ2v) is 5.68. The van der Waals surface area contributed by atoms with Crippen molar-refractivity contribution in [2.75, 3.05) is 25.2 Å². The van der Waals surface area contributed by atoms with Crippen LogP contribution in [0.4, 0.5) is 0 Å². The number of thioether (sulfide) groups is 1. The number of phenolic OH excluding ortho intramolecular Hbond substituents is 1. The Morgan fingerprint density at radius 2 is 2.32 bits per heavy atom. The lowest BCUT2D eigenvalue weighted by molar-refractivity contribution is -0.148. The highest BCUT2D eigenvalue weighted by atomic mass is 32.2. The zero-order valence-corrected chi connectivity index (χ0v) is 11.7. The van der Waals surface area contributed by atoms with E-state index < -0.39 is 0 Å². The molecule has 2 unspecified atom stereocenters. The van der Waals surface area contributed by atoms with Gasteiger partial charge in [0, 0.05) is 0 Å². The van der Waals surface area contributed by atoms with E-state index in [-0.39, 0.29) is 24.2 Å². The molecule has 4 nitrogen and oxygen atoms in total. The lowest BCUT2D eigenvalue weighted by atomic mass is 9.92. The zero-order chi connectivity index (χ0) is 13.7. The minimum absolute atomic E-state index is 0.0897. The van der Waals surface area contributed by atoms with E-state index in [1.807, 2.05) is 11.8 Å². The first-order valence-corrected chi connectivity index (χ1v) is 7.44. The van der Waals surface area contributed by atoms with Gasteiger partial charge in [-0.1, -0.05) is 12.1 Å².